The second kappa shape index (κ2) is 10.7. The Hall–Kier alpha value is -3.36. The topological polar surface area (TPSA) is 119 Å². The summed E-state index contributed by atoms with van der Waals surface area (Å²) >= 11 is 1.76. The molecule has 1 amide bonds. The average Bonchev–Trinajstić information content (AvgIpc) is 3.37. The molecule has 5 heterocycles. The number of thiophene rings is 1. The summed E-state index contributed by atoms with van der Waals surface area (Å²) in [6.45, 7) is 5.13. The van der Waals surface area contributed by atoms with Gasteiger partial charge in [0.05, 0.1) is 44.9 Å². The third-order valence-corrected chi connectivity index (χ3v) is 7.24. The molecule has 5 rings (SSSR count). The Labute approximate surface area is 212 Å². The SMILES string of the molecule is COc1ccc(-c2cc3c(s2)CN(CN(C)c2ncc(C(=O)NO)cn2)CN3N2CCOCC2)cn1. The van der Waals surface area contributed by atoms with E-state index in [1.165, 1.54) is 23.0 Å². The average molecular weight is 513 g/mol. The van der Waals surface area contributed by atoms with Crippen molar-refractivity contribution in [2.75, 3.05) is 63.7 Å². The first-order chi connectivity index (χ1) is 17.6. The van der Waals surface area contributed by atoms with Crippen molar-refractivity contribution in [1.29, 1.82) is 0 Å². The molecule has 0 aromatic carbocycles. The van der Waals surface area contributed by atoms with Gasteiger partial charge in [0, 0.05) is 66.7 Å². The van der Waals surface area contributed by atoms with E-state index in [9.17, 15) is 4.79 Å². The predicted octanol–water partition coefficient (Wildman–Crippen LogP) is 1.65. The van der Waals surface area contributed by atoms with Gasteiger partial charge in [-0.05, 0) is 12.1 Å². The molecule has 0 spiro atoms. The van der Waals surface area contributed by atoms with Crippen molar-refractivity contribution in [2.45, 2.75) is 6.54 Å². The summed E-state index contributed by atoms with van der Waals surface area (Å²) in [6.07, 6.45) is 4.64. The molecule has 2 aliphatic heterocycles. The van der Waals surface area contributed by atoms with Gasteiger partial charge >= 0.3 is 0 Å². The van der Waals surface area contributed by atoms with E-state index in [0.717, 1.165) is 30.1 Å². The Morgan fingerprint density at radius 3 is 2.67 bits per heavy atom. The summed E-state index contributed by atoms with van der Waals surface area (Å²) in [6, 6.07) is 6.16. The van der Waals surface area contributed by atoms with E-state index in [0.29, 0.717) is 38.4 Å². The Bertz CT molecular complexity index is 1180. The van der Waals surface area contributed by atoms with Crippen LogP contribution in [-0.2, 0) is 11.3 Å². The highest BCUT2D eigenvalue weighted by Gasteiger charge is 2.31. The van der Waals surface area contributed by atoms with Crippen molar-refractivity contribution in [3.8, 4) is 16.3 Å². The summed E-state index contributed by atoms with van der Waals surface area (Å²) in [5.74, 6) is 0.440. The third kappa shape index (κ3) is 5.10. The van der Waals surface area contributed by atoms with Crippen LogP contribution < -0.4 is 20.1 Å². The first-order valence-electron chi connectivity index (χ1n) is 11.5. The van der Waals surface area contributed by atoms with E-state index in [-0.39, 0.29) is 5.56 Å². The van der Waals surface area contributed by atoms with Gasteiger partial charge in [-0.25, -0.2) is 25.4 Å². The van der Waals surface area contributed by atoms with E-state index in [1.807, 2.05) is 30.3 Å². The maximum atomic E-state index is 11.6. The number of hydroxylamine groups is 1. The molecule has 0 bridgehead atoms. The molecule has 3 aromatic rings. The minimum Gasteiger partial charge on any atom is -0.481 e. The molecule has 36 heavy (non-hydrogen) atoms. The molecule has 0 atom stereocenters. The number of methoxy groups -OCH3 is 1. The van der Waals surface area contributed by atoms with Crippen molar-refractivity contribution < 1.29 is 19.5 Å². The number of nitrogens with zero attached hydrogens (tertiary/aromatic N) is 7. The van der Waals surface area contributed by atoms with E-state index < -0.39 is 5.91 Å². The van der Waals surface area contributed by atoms with Gasteiger partial charge in [0.1, 0.15) is 0 Å². The van der Waals surface area contributed by atoms with Gasteiger partial charge in [0.2, 0.25) is 11.8 Å². The minimum atomic E-state index is -0.644. The zero-order valence-corrected chi connectivity index (χ0v) is 20.9. The molecule has 1 saturated heterocycles. The Kier molecular flexibility index (Phi) is 7.25. The maximum absolute atomic E-state index is 11.6. The number of carbonyl (C=O) groups is 1. The Morgan fingerprint density at radius 2 is 2.00 bits per heavy atom. The molecule has 0 radical (unpaired) electrons. The van der Waals surface area contributed by atoms with Crippen molar-refractivity contribution in [3.63, 3.8) is 0 Å². The number of hydrogen-bond donors (Lipinski definition) is 2. The first-order valence-corrected chi connectivity index (χ1v) is 12.3. The number of carbonyl (C=O) groups excluding carboxylic acids is 1. The van der Waals surface area contributed by atoms with Crippen LogP contribution in [0.3, 0.4) is 0 Å². The lowest BCUT2D eigenvalue weighted by Crippen LogP contribution is -2.56. The fourth-order valence-corrected chi connectivity index (χ4v) is 5.44. The van der Waals surface area contributed by atoms with Crippen LogP contribution in [0.2, 0.25) is 0 Å². The number of pyridine rings is 1. The lowest BCUT2D eigenvalue weighted by molar-refractivity contribution is 0.0219. The number of hydrazine groups is 1. The molecule has 1 fully saturated rings. The van der Waals surface area contributed by atoms with E-state index in [1.54, 1.807) is 23.9 Å². The van der Waals surface area contributed by atoms with Gasteiger partial charge in [-0.1, -0.05) is 0 Å². The number of morpholine rings is 1. The van der Waals surface area contributed by atoms with Gasteiger partial charge in [0.25, 0.3) is 5.91 Å². The molecular formula is C23H28N8O4S. The van der Waals surface area contributed by atoms with Crippen LogP contribution in [0.25, 0.3) is 10.4 Å². The second-order valence-electron chi connectivity index (χ2n) is 8.50. The van der Waals surface area contributed by atoms with Crippen LogP contribution in [0, 0.1) is 0 Å². The minimum absolute atomic E-state index is 0.190. The molecule has 2 aliphatic rings. The summed E-state index contributed by atoms with van der Waals surface area (Å²) in [5.41, 5.74) is 4.05. The summed E-state index contributed by atoms with van der Waals surface area (Å²) in [4.78, 5) is 31.2. The molecule has 0 unspecified atom stereocenters. The van der Waals surface area contributed by atoms with Crippen molar-refractivity contribution in [2.24, 2.45) is 0 Å². The molecule has 0 saturated carbocycles. The van der Waals surface area contributed by atoms with Gasteiger partial charge in [0.15, 0.2) is 0 Å². The van der Waals surface area contributed by atoms with Crippen LogP contribution in [0.15, 0.2) is 36.8 Å². The second-order valence-corrected chi connectivity index (χ2v) is 9.63. The first kappa shape index (κ1) is 24.3. The quantitative estimate of drug-likeness (QED) is 0.355. The molecule has 12 nitrogen and oxygen atoms in total. The number of anilines is 2. The normalized spacial score (nSPS) is 16.5. The Morgan fingerprint density at radius 1 is 1.22 bits per heavy atom. The maximum Gasteiger partial charge on any atom is 0.277 e. The lowest BCUT2D eigenvalue weighted by atomic mass is 10.2. The van der Waals surface area contributed by atoms with Gasteiger partial charge in [-0.2, -0.15) is 0 Å². The van der Waals surface area contributed by atoms with Crippen LogP contribution in [0.4, 0.5) is 11.6 Å². The lowest BCUT2D eigenvalue weighted by Gasteiger charge is -2.45. The summed E-state index contributed by atoms with van der Waals surface area (Å²) in [7, 11) is 3.53. The molecule has 3 aromatic heterocycles. The van der Waals surface area contributed by atoms with Crippen molar-refractivity contribution >= 4 is 28.9 Å². The Balaban J connectivity index is 1.37. The van der Waals surface area contributed by atoms with Crippen LogP contribution >= 0.6 is 11.3 Å². The fourth-order valence-electron chi connectivity index (χ4n) is 4.25. The number of rotatable bonds is 7. The highest BCUT2D eigenvalue weighted by Crippen LogP contribution is 2.40. The van der Waals surface area contributed by atoms with Gasteiger partial charge < -0.3 is 14.4 Å². The number of nitrogens with one attached hydrogen (secondary N) is 1. The fraction of sp³-hybridized carbons (Fsp3) is 0.391. The van der Waals surface area contributed by atoms with E-state index in [4.69, 9.17) is 14.7 Å². The standard InChI is InChI=1S/C23H28N8O4S/c1-28(23-25-11-17(12-26-23)22(32)27-33)14-29-13-20-18(31(15-29)30-5-7-35-8-6-30)9-19(36-20)16-3-4-21(34-2)24-10-16/h3-4,9-12,33H,5-8,13-15H2,1-2H3,(H,27,32). The van der Waals surface area contributed by atoms with Crippen molar-refractivity contribution in [1.82, 2.24) is 30.3 Å². The van der Waals surface area contributed by atoms with Crippen LogP contribution in [-0.4, -0.2) is 89.8 Å². The van der Waals surface area contributed by atoms with Crippen LogP contribution in [0.5, 0.6) is 5.88 Å². The summed E-state index contributed by atoms with van der Waals surface area (Å²) < 4.78 is 10.8. The number of ether oxygens (including phenoxy) is 2. The predicted molar refractivity (Wildman–Crippen MR) is 134 cm³/mol. The van der Waals surface area contributed by atoms with Crippen molar-refractivity contribution in [3.05, 3.63) is 47.2 Å². The van der Waals surface area contributed by atoms with Gasteiger partial charge in [-0.3, -0.25) is 19.9 Å². The summed E-state index contributed by atoms with van der Waals surface area (Å²) in [5, 5.41) is 13.5. The number of hydrogen-bond acceptors (Lipinski definition) is 12. The molecular weight excluding hydrogens is 484 g/mol. The largest absolute Gasteiger partial charge is 0.481 e. The van der Waals surface area contributed by atoms with Gasteiger partial charge in [-0.15, -0.1) is 11.3 Å². The zero-order valence-electron chi connectivity index (χ0n) is 20.1. The molecule has 190 valence electrons. The third-order valence-electron chi connectivity index (χ3n) is 6.08. The van der Waals surface area contributed by atoms with Crippen LogP contribution in [0.1, 0.15) is 15.2 Å². The smallest absolute Gasteiger partial charge is 0.277 e. The molecule has 2 N–H and O–H groups in total. The number of fused-ring (bicyclic) bond motifs is 1. The monoisotopic (exact) mass is 512 g/mol. The zero-order chi connectivity index (χ0) is 25.1. The molecule has 13 heteroatoms. The number of amides is 1. The van der Waals surface area contributed by atoms with E-state index >= 15 is 0 Å². The number of aromatic nitrogens is 3. The molecule has 0 aliphatic carbocycles. The van der Waals surface area contributed by atoms with E-state index in [2.05, 4.69) is 35.9 Å². The highest BCUT2D eigenvalue weighted by atomic mass is 32.1. The highest BCUT2D eigenvalue weighted by molar-refractivity contribution is 7.16.